The first-order chi connectivity index (χ1) is 19.6. The van der Waals surface area contributed by atoms with Gasteiger partial charge in [0, 0.05) is 17.5 Å². The van der Waals surface area contributed by atoms with Crippen LogP contribution in [-0.4, -0.2) is 37.7 Å². The van der Waals surface area contributed by atoms with Crippen LogP contribution in [0.5, 0.6) is 0 Å². The number of H-pyrrole nitrogens is 1. The number of nitrogens with zero attached hydrogens (tertiary/aromatic N) is 4. The standard InChI is InChI=1S/C31H29N7O2/c32-29-28(30-36-27(37-38-30)15-16-40-19-20-7-2-1-3-8-20)34-26(18-33-29)22-10-6-11-23(17-22)31(39)35-25-14-13-21-9-4-5-12-24(21)25/h1-12,17-18,25H,13-16,19H2,(H2,32,33)(H,35,39)(H,36,37,38). The van der Waals surface area contributed by atoms with Crippen LogP contribution >= 0.6 is 0 Å². The largest absolute Gasteiger partial charge is 0.382 e. The van der Waals surface area contributed by atoms with Crippen molar-refractivity contribution < 1.29 is 9.53 Å². The minimum atomic E-state index is -0.125. The van der Waals surface area contributed by atoms with E-state index in [4.69, 9.17) is 15.5 Å². The molecule has 0 spiro atoms. The molecule has 1 aliphatic carbocycles. The minimum Gasteiger partial charge on any atom is -0.382 e. The number of aryl methyl sites for hydroxylation is 1. The maximum absolute atomic E-state index is 13.1. The fourth-order valence-electron chi connectivity index (χ4n) is 4.92. The minimum absolute atomic E-state index is 0.0129. The normalized spacial score (nSPS) is 14.2. The molecule has 0 saturated carbocycles. The van der Waals surface area contributed by atoms with Gasteiger partial charge < -0.3 is 15.8 Å². The number of hydrogen-bond acceptors (Lipinski definition) is 7. The predicted molar refractivity (Wildman–Crippen MR) is 152 cm³/mol. The summed E-state index contributed by atoms with van der Waals surface area (Å²) in [7, 11) is 0. The maximum Gasteiger partial charge on any atom is 0.251 e. The quantitative estimate of drug-likeness (QED) is 0.235. The third kappa shape index (κ3) is 5.60. The smallest absolute Gasteiger partial charge is 0.251 e. The van der Waals surface area contributed by atoms with Crippen molar-refractivity contribution in [3.8, 4) is 22.8 Å². The first kappa shape index (κ1) is 25.4. The zero-order valence-corrected chi connectivity index (χ0v) is 21.9. The van der Waals surface area contributed by atoms with Crippen LogP contribution in [0.1, 0.15) is 45.3 Å². The van der Waals surface area contributed by atoms with Gasteiger partial charge in [-0.05, 0) is 41.7 Å². The second-order valence-corrected chi connectivity index (χ2v) is 9.73. The lowest BCUT2D eigenvalue weighted by molar-refractivity contribution is 0.0936. The Balaban J connectivity index is 1.13. The number of fused-ring (bicyclic) bond motifs is 1. The van der Waals surface area contributed by atoms with E-state index >= 15 is 0 Å². The van der Waals surface area contributed by atoms with E-state index in [2.05, 4.69) is 37.6 Å². The average Bonchev–Trinajstić information content (AvgIpc) is 3.64. The van der Waals surface area contributed by atoms with Crippen LogP contribution in [0.3, 0.4) is 0 Å². The topological polar surface area (TPSA) is 132 Å². The van der Waals surface area contributed by atoms with Crippen molar-refractivity contribution in [2.45, 2.75) is 31.9 Å². The van der Waals surface area contributed by atoms with E-state index in [9.17, 15) is 4.79 Å². The summed E-state index contributed by atoms with van der Waals surface area (Å²) in [5, 5.41) is 10.4. The Labute approximate surface area is 231 Å². The molecule has 4 N–H and O–H groups in total. The highest BCUT2D eigenvalue weighted by atomic mass is 16.5. The van der Waals surface area contributed by atoms with E-state index in [1.165, 1.54) is 11.1 Å². The van der Waals surface area contributed by atoms with Gasteiger partial charge in [0.15, 0.2) is 11.5 Å². The molecular weight excluding hydrogens is 502 g/mol. The molecule has 6 rings (SSSR count). The Morgan fingerprint density at radius 3 is 2.77 bits per heavy atom. The molecule has 3 aromatic carbocycles. The Bertz CT molecular complexity index is 1630. The highest BCUT2D eigenvalue weighted by Crippen LogP contribution is 2.31. The molecular formula is C31H29N7O2. The molecule has 40 heavy (non-hydrogen) atoms. The molecule has 0 fully saturated rings. The third-order valence-electron chi connectivity index (χ3n) is 7.00. The Morgan fingerprint density at radius 1 is 1.02 bits per heavy atom. The van der Waals surface area contributed by atoms with Crippen molar-refractivity contribution in [1.29, 1.82) is 0 Å². The van der Waals surface area contributed by atoms with Gasteiger partial charge in [0.2, 0.25) is 5.82 Å². The van der Waals surface area contributed by atoms with Crippen molar-refractivity contribution in [2.75, 3.05) is 12.3 Å². The summed E-state index contributed by atoms with van der Waals surface area (Å²) in [6.07, 6.45) is 4.02. The summed E-state index contributed by atoms with van der Waals surface area (Å²) >= 11 is 0. The number of amides is 1. The molecule has 9 heteroatoms. The molecule has 1 aliphatic rings. The molecule has 5 aromatic rings. The van der Waals surface area contributed by atoms with Crippen LogP contribution in [0.15, 0.2) is 85.1 Å². The van der Waals surface area contributed by atoms with Gasteiger partial charge >= 0.3 is 0 Å². The Morgan fingerprint density at radius 2 is 1.88 bits per heavy atom. The van der Waals surface area contributed by atoms with Crippen molar-refractivity contribution in [2.24, 2.45) is 0 Å². The zero-order chi connectivity index (χ0) is 27.3. The lowest BCUT2D eigenvalue weighted by atomic mass is 10.1. The van der Waals surface area contributed by atoms with Crippen molar-refractivity contribution in [1.82, 2.24) is 30.5 Å². The van der Waals surface area contributed by atoms with Gasteiger partial charge in [-0.2, -0.15) is 5.10 Å². The number of carbonyl (C=O) groups is 1. The molecule has 2 heterocycles. The fourth-order valence-corrected chi connectivity index (χ4v) is 4.92. The number of carbonyl (C=O) groups excluding carboxylic acids is 1. The number of hydrogen-bond donors (Lipinski definition) is 3. The highest BCUT2D eigenvalue weighted by Gasteiger charge is 2.24. The van der Waals surface area contributed by atoms with Crippen molar-refractivity contribution >= 4 is 11.7 Å². The average molecular weight is 532 g/mol. The van der Waals surface area contributed by atoms with Gasteiger partial charge in [-0.15, -0.1) is 0 Å². The Hall–Kier alpha value is -4.89. The lowest BCUT2D eigenvalue weighted by Crippen LogP contribution is -2.27. The molecule has 1 atom stereocenters. The van der Waals surface area contributed by atoms with Gasteiger partial charge in [0.25, 0.3) is 5.91 Å². The molecule has 0 saturated heterocycles. The van der Waals surface area contributed by atoms with E-state index in [0.717, 1.165) is 24.0 Å². The Kier molecular flexibility index (Phi) is 7.28. The first-order valence-electron chi connectivity index (χ1n) is 13.3. The fraction of sp³-hybridized carbons (Fsp3) is 0.194. The second-order valence-electron chi connectivity index (χ2n) is 9.73. The predicted octanol–water partition coefficient (Wildman–Crippen LogP) is 4.69. The number of aromatic nitrogens is 5. The maximum atomic E-state index is 13.1. The van der Waals surface area contributed by atoms with Gasteiger partial charge in [-0.3, -0.25) is 9.89 Å². The first-order valence-corrected chi connectivity index (χ1v) is 13.3. The number of nitrogen functional groups attached to an aromatic ring is 1. The molecule has 0 aliphatic heterocycles. The summed E-state index contributed by atoms with van der Waals surface area (Å²) in [6, 6.07) is 25.6. The van der Waals surface area contributed by atoms with Crippen LogP contribution in [0.25, 0.3) is 22.8 Å². The molecule has 0 radical (unpaired) electrons. The van der Waals surface area contributed by atoms with Crippen molar-refractivity contribution in [3.63, 3.8) is 0 Å². The van der Waals surface area contributed by atoms with Crippen LogP contribution in [0.4, 0.5) is 5.82 Å². The second kappa shape index (κ2) is 11.5. The summed E-state index contributed by atoms with van der Waals surface area (Å²) in [4.78, 5) is 26.7. The van der Waals surface area contributed by atoms with E-state index in [1.807, 2.05) is 60.7 Å². The highest BCUT2D eigenvalue weighted by molar-refractivity contribution is 5.95. The summed E-state index contributed by atoms with van der Waals surface area (Å²) in [5.41, 5.74) is 12.0. The van der Waals surface area contributed by atoms with E-state index in [0.29, 0.717) is 48.2 Å². The van der Waals surface area contributed by atoms with Crippen LogP contribution in [-0.2, 0) is 24.2 Å². The number of aromatic amines is 1. The number of rotatable bonds is 9. The van der Waals surface area contributed by atoms with Gasteiger partial charge in [0.05, 0.1) is 31.1 Å². The number of benzene rings is 3. The van der Waals surface area contributed by atoms with Gasteiger partial charge in [0.1, 0.15) is 5.82 Å². The SMILES string of the molecule is Nc1ncc(-c2cccc(C(=O)NC3CCc4ccccc43)c2)nc1-c1n[nH]c(CCOCc2ccccc2)n1. The molecule has 200 valence electrons. The molecule has 1 amide bonds. The molecule has 9 nitrogen and oxygen atoms in total. The van der Waals surface area contributed by atoms with Gasteiger partial charge in [-0.25, -0.2) is 15.0 Å². The third-order valence-corrected chi connectivity index (χ3v) is 7.00. The van der Waals surface area contributed by atoms with Crippen molar-refractivity contribution in [3.05, 3.63) is 113 Å². The summed E-state index contributed by atoms with van der Waals surface area (Å²) < 4.78 is 5.76. The number of ether oxygens (including phenoxy) is 1. The van der Waals surface area contributed by atoms with Gasteiger partial charge in [-0.1, -0.05) is 66.7 Å². The zero-order valence-electron chi connectivity index (χ0n) is 21.9. The molecule has 2 aromatic heterocycles. The van der Waals surface area contributed by atoms with E-state index < -0.39 is 0 Å². The number of anilines is 1. The summed E-state index contributed by atoms with van der Waals surface area (Å²) in [5.74, 6) is 1.13. The number of nitrogens with one attached hydrogen (secondary N) is 2. The van der Waals surface area contributed by atoms with E-state index in [-0.39, 0.29) is 17.8 Å². The monoisotopic (exact) mass is 531 g/mol. The van der Waals surface area contributed by atoms with Crippen LogP contribution in [0.2, 0.25) is 0 Å². The molecule has 1 unspecified atom stereocenters. The number of nitrogens with two attached hydrogens (primary N) is 1. The van der Waals surface area contributed by atoms with E-state index in [1.54, 1.807) is 12.3 Å². The van der Waals surface area contributed by atoms with Crippen LogP contribution in [0, 0.1) is 0 Å². The van der Waals surface area contributed by atoms with Crippen LogP contribution < -0.4 is 11.1 Å². The lowest BCUT2D eigenvalue weighted by Gasteiger charge is -2.14. The summed E-state index contributed by atoms with van der Waals surface area (Å²) in [6.45, 7) is 1.03. The molecule has 0 bridgehead atoms.